The largest absolute Gasteiger partial charge is 0.401 e. The maximum absolute atomic E-state index is 11.7. The third-order valence-electron chi connectivity index (χ3n) is 1.05. The van der Waals surface area contributed by atoms with Gasteiger partial charge in [-0.1, -0.05) is 0 Å². The molecule has 11 heavy (non-hydrogen) atoms. The third kappa shape index (κ3) is 7.61. The number of hydrogen-bond donors (Lipinski definition) is 1. The van der Waals surface area contributed by atoms with Crippen LogP contribution >= 0.6 is 0 Å². The van der Waals surface area contributed by atoms with Crippen LogP contribution in [0.5, 0.6) is 0 Å². The summed E-state index contributed by atoms with van der Waals surface area (Å²) in [7, 11) is 1.40. The minimum absolute atomic E-state index is 0.220. The molecule has 0 heterocycles. The van der Waals surface area contributed by atoms with Crippen molar-refractivity contribution in [1.29, 1.82) is 0 Å². The predicted molar refractivity (Wildman–Crippen MR) is 37.2 cm³/mol. The summed E-state index contributed by atoms with van der Waals surface area (Å²) in [4.78, 5) is 1.16. The van der Waals surface area contributed by atoms with Crippen molar-refractivity contribution >= 4 is 0 Å². The summed E-state index contributed by atoms with van der Waals surface area (Å²) >= 11 is 0. The highest BCUT2D eigenvalue weighted by Crippen LogP contribution is 2.15. The van der Waals surface area contributed by atoms with E-state index in [1.54, 1.807) is 6.92 Å². The summed E-state index contributed by atoms with van der Waals surface area (Å²) in [6.07, 6.45) is -4.12. The van der Waals surface area contributed by atoms with E-state index in [1.807, 2.05) is 0 Å². The van der Waals surface area contributed by atoms with Crippen molar-refractivity contribution in [2.75, 3.05) is 20.1 Å². The van der Waals surface area contributed by atoms with Gasteiger partial charge < -0.3 is 5.73 Å². The van der Waals surface area contributed by atoms with E-state index in [2.05, 4.69) is 0 Å². The van der Waals surface area contributed by atoms with E-state index >= 15 is 0 Å². The van der Waals surface area contributed by atoms with E-state index in [1.165, 1.54) is 7.05 Å². The maximum atomic E-state index is 11.7. The van der Waals surface area contributed by atoms with Crippen LogP contribution in [-0.4, -0.2) is 37.3 Å². The van der Waals surface area contributed by atoms with Gasteiger partial charge in [0.15, 0.2) is 0 Å². The molecule has 1 unspecified atom stereocenters. The Morgan fingerprint density at radius 3 is 2.18 bits per heavy atom. The number of halogens is 3. The van der Waals surface area contributed by atoms with Crippen LogP contribution in [-0.2, 0) is 0 Å². The fourth-order valence-corrected chi connectivity index (χ4v) is 0.862. The quantitative estimate of drug-likeness (QED) is 0.679. The van der Waals surface area contributed by atoms with Gasteiger partial charge >= 0.3 is 6.18 Å². The van der Waals surface area contributed by atoms with Gasteiger partial charge in [0.1, 0.15) is 0 Å². The standard InChI is InChI=1S/C6H13F3N2/c1-5(10)3-11(2)4-6(7,8)9/h5H,3-4,10H2,1-2H3. The molecule has 0 aliphatic carbocycles. The first-order chi connectivity index (χ1) is 4.81. The molecule has 0 aromatic carbocycles. The van der Waals surface area contributed by atoms with Crippen LogP contribution in [0.25, 0.3) is 0 Å². The zero-order valence-corrected chi connectivity index (χ0v) is 6.65. The van der Waals surface area contributed by atoms with Gasteiger partial charge in [-0.3, -0.25) is 4.90 Å². The molecule has 68 valence electrons. The molecule has 0 fully saturated rings. The van der Waals surface area contributed by atoms with Gasteiger partial charge in [0.2, 0.25) is 0 Å². The molecule has 2 nitrogen and oxygen atoms in total. The van der Waals surface area contributed by atoms with Gasteiger partial charge in [0, 0.05) is 12.6 Å². The van der Waals surface area contributed by atoms with Crippen molar-refractivity contribution < 1.29 is 13.2 Å². The van der Waals surface area contributed by atoms with Crippen molar-refractivity contribution in [3.05, 3.63) is 0 Å². The molecular weight excluding hydrogens is 157 g/mol. The SMILES string of the molecule is CC(N)CN(C)CC(F)(F)F. The van der Waals surface area contributed by atoms with Crippen molar-refractivity contribution in [1.82, 2.24) is 4.90 Å². The molecule has 0 bridgehead atoms. The van der Waals surface area contributed by atoms with Crippen LogP contribution in [0, 0.1) is 0 Å². The predicted octanol–water partition coefficient (Wildman–Crippen LogP) is 0.828. The molecule has 0 saturated heterocycles. The lowest BCUT2D eigenvalue weighted by Gasteiger charge is -2.19. The molecule has 0 rings (SSSR count). The van der Waals surface area contributed by atoms with Crippen LogP contribution < -0.4 is 5.73 Å². The first kappa shape index (κ1) is 10.7. The normalized spacial score (nSPS) is 15.5. The average Bonchev–Trinajstić information content (AvgIpc) is 1.53. The lowest BCUT2D eigenvalue weighted by atomic mass is 10.3. The highest BCUT2D eigenvalue weighted by Gasteiger charge is 2.29. The van der Waals surface area contributed by atoms with Crippen molar-refractivity contribution in [3.63, 3.8) is 0 Å². The van der Waals surface area contributed by atoms with E-state index in [0.717, 1.165) is 4.90 Å². The lowest BCUT2D eigenvalue weighted by molar-refractivity contribution is -0.143. The Balaban J connectivity index is 3.61. The fourth-order valence-electron chi connectivity index (χ4n) is 0.862. The van der Waals surface area contributed by atoms with Gasteiger partial charge in [-0.05, 0) is 14.0 Å². The van der Waals surface area contributed by atoms with E-state index in [-0.39, 0.29) is 12.6 Å². The molecule has 0 aliphatic rings. The summed E-state index contributed by atoms with van der Waals surface area (Å²) < 4.78 is 35.0. The second-order valence-electron chi connectivity index (χ2n) is 2.79. The molecule has 2 N–H and O–H groups in total. The zero-order valence-electron chi connectivity index (χ0n) is 6.65. The van der Waals surface area contributed by atoms with Gasteiger partial charge in [-0.15, -0.1) is 0 Å². The maximum Gasteiger partial charge on any atom is 0.401 e. The Labute approximate surface area is 64.2 Å². The summed E-state index contributed by atoms with van der Waals surface area (Å²) in [5.74, 6) is 0. The molecule has 0 radical (unpaired) electrons. The molecular formula is C6H13F3N2. The number of hydrogen-bond acceptors (Lipinski definition) is 2. The van der Waals surface area contributed by atoms with Crippen LogP contribution in [0.3, 0.4) is 0 Å². The van der Waals surface area contributed by atoms with Crippen molar-refractivity contribution in [2.45, 2.75) is 19.1 Å². The number of nitrogens with zero attached hydrogens (tertiary/aromatic N) is 1. The minimum Gasteiger partial charge on any atom is -0.327 e. The number of alkyl halides is 3. The van der Waals surface area contributed by atoms with E-state index in [0.29, 0.717) is 0 Å². The third-order valence-corrected chi connectivity index (χ3v) is 1.05. The summed E-state index contributed by atoms with van der Waals surface area (Å²) in [6.45, 7) is 1.04. The Morgan fingerprint density at radius 1 is 1.45 bits per heavy atom. The van der Waals surface area contributed by atoms with Gasteiger partial charge in [-0.25, -0.2) is 0 Å². The summed E-state index contributed by atoms with van der Waals surface area (Å²) in [6, 6.07) is -0.220. The van der Waals surface area contributed by atoms with Crippen molar-refractivity contribution in [2.24, 2.45) is 5.73 Å². The van der Waals surface area contributed by atoms with Gasteiger partial charge in [-0.2, -0.15) is 13.2 Å². The monoisotopic (exact) mass is 170 g/mol. The zero-order chi connectivity index (χ0) is 9.07. The van der Waals surface area contributed by atoms with E-state index in [4.69, 9.17) is 5.73 Å². The molecule has 0 aliphatic heterocycles. The van der Waals surface area contributed by atoms with Gasteiger partial charge in [0.25, 0.3) is 0 Å². The second kappa shape index (κ2) is 3.92. The fraction of sp³-hybridized carbons (Fsp3) is 1.00. The molecule has 0 spiro atoms. The van der Waals surface area contributed by atoms with E-state index in [9.17, 15) is 13.2 Å². The molecule has 5 heteroatoms. The molecule has 0 aromatic rings. The first-order valence-corrected chi connectivity index (χ1v) is 3.32. The Kier molecular flexibility index (Phi) is 3.82. The van der Waals surface area contributed by atoms with Crippen LogP contribution in [0.2, 0.25) is 0 Å². The van der Waals surface area contributed by atoms with Crippen LogP contribution in [0.1, 0.15) is 6.92 Å². The first-order valence-electron chi connectivity index (χ1n) is 3.32. The molecule has 0 aromatic heterocycles. The number of rotatable bonds is 3. The van der Waals surface area contributed by atoms with Gasteiger partial charge in [0.05, 0.1) is 6.54 Å². The molecule has 0 saturated carbocycles. The van der Waals surface area contributed by atoms with Crippen LogP contribution in [0.4, 0.5) is 13.2 Å². The van der Waals surface area contributed by atoms with E-state index < -0.39 is 12.7 Å². The Hall–Kier alpha value is -0.290. The number of nitrogens with two attached hydrogens (primary N) is 1. The lowest BCUT2D eigenvalue weighted by Crippen LogP contribution is -2.38. The molecule has 1 atom stereocenters. The second-order valence-corrected chi connectivity index (χ2v) is 2.79. The van der Waals surface area contributed by atoms with Crippen molar-refractivity contribution in [3.8, 4) is 0 Å². The summed E-state index contributed by atoms with van der Waals surface area (Å²) in [5.41, 5.74) is 5.30. The van der Waals surface area contributed by atoms with Crippen LogP contribution in [0.15, 0.2) is 0 Å². The smallest absolute Gasteiger partial charge is 0.327 e. The highest BCUT2D eigenvalue weighted by atomic mass is 19.4. The summed E-state index contributed by atoms with van der Waals surface area (Å²) in [5, 5.41) is 0. The topological polar surface area (TPSA) is 29.3 Å². The molecule has 0 amide bonds. The highest BCUT2D eigenvalue weighted by molar-refractivity contribution is 4.63. The Bertz CT molecular complexity index is 111. The minimum atomic E-state index is -4.12. The number of likely N-dealkylation sites (N-methyl/N-ethyl adjacent to an activating group) is 1. The average molecular weight is 170 g/mol. The Morgan fingerprint density at radius 2 is 1.91 bits per heavy atom.